The number of hydrogen-bond acceptors (Lipinski definition) is 6. The molecule has 82 valence electrons. The third-order valence-electron chi connectivity index (χ3n) is 1.21. The van der Waals surface area contributed by atoms with Crippen LogP contribution < -0.4 is 5.73 Å². The molecule has 0 aliphatic rings. The molecule has 6 heteroatoms. The van der Waals surface area contributed by atoms with Crippen molar-refractivity contribution in [1.82, 2.24) is 0 Å². The molecule has 6 nitrogen and oxygen atoms in total. The molecule has 0 aliphatic heterocycles. The van der Waals surface area contributed by atoms with Crippen LogP contribution in [0.5, 0.6) is 0 Å². The van der Waals surface area contributed by atoms with Crippen molar-refractivity contribution in [2.75, 3.05) is 26.4 Å². The summed E-state index contributed by atoms with van der Waals surface area (Å²) in [6, 6.07) is 0. The second-order valence-corrected chi connectivity index (χ2v) is 2.87. The Kier molecular flexibility index (Phi) is 9.80. The molecular weight excluding hydrogens is 178 g/mol. The monoisotopic (exact) mass is 197 g/mol. The van der Waals surface area contributed by atoms with E-state index in [1.807, 2.05) is 0 Å². The molecule has 0 bridgehead atoms. The summed E-state index contributed by atoms with van der Waals surface area (Å²) in [5.41, 5.74) is 3.94. The minimum Gasteiger partial charge on any atom is -0.394 e. The van der Waals surface area contributed by atoms with Crippen LogP contribution in [-0.4, -0.2) is 63.6 Å². The Morgan fingerprint density at radius 1 is 1.08 bits per heavy atom. The van der Waals surface area contributed by atoms with Crippen LogP contribution in [0.1, 0.15) is 6.92 Å². The minimum atomic E-state index is -1.21. The third-order valence-corrected chi connectivity index (χ3v) is 1.21. The van der Waals surface area contributed by atoms with Gasteiger partial charge in [0.2, 0.25) is 0 Å². The van der Waals surface area contributed by atoms with Gasteiger partial charge in [0.15, 0.2) is 0 Å². The van der Waals surface area contributed by atoms with Gasteiger partial charge in [0.1, 0.15) is 0 Å². The summed E-state index contributed by atoms with van der Waals surface area (Å²) in [4.78, 5) is 0. The maximum Gasteiger partial charge on any atom is 0.0856 e. The van der Waals surface area contributed by atoms with Crippen LogP contribution in [0.4, 0.5) is 0 Å². The molecule has 0 fully saturated rings. The molecule has 13 heavy (non-hydrogen) atoms. The van der Waals surface area contributed by atoms with Gasteiger partial charge in [0.05, 0.1) is 38.1 Å². The highest BCUT2D eigenvalue weighted by Crippen LogP contribution is 1.93. The molecule has 1 unspecified atom stereocenters. The molecule has 0 aromatic heterocycles. The maximum atomic E-state index is 8.34. The lowest BCUT2D eigenvalue weighted by atomic mass is 10.1. The summed E-state index contributed by atoms with van der Waals surface area (Å²) in [7, 11) is 0. The zero-order valence-electron chi connectivity index (χ0n) is 7.72. The number of nitrogens with two attached hydrogens (primary N) is 1. The van der Waals surface area contributed by atoms with E-state index in [2.05, 4.69) is 0 Å². The second-order valence-electron chi connectivity index (χ2n) is 2.87. The molecule has 0 aromatic rings. The summed E-state index contributed by atoms with van der Waals surface area (Å²) in [6.45, 7) is 0.181. The first-order chi connectivity index (χ1) is 5.95. The first-order valence-electron chi connectivity index (χ1n) is 3.86. The van der Waals surface area contributed by atoms with Gasteiger partial charge in [-0.25, -0.2) is 0 Å². The van der Waals surface area contributed by atoms with Crippen molar-refractivity contribution >= 4 is 0 Å². The van der Waals surface area contributed by atoms with Gasteiger partial charge in [0, 0.05) is 0 Å². The van der Waals surface area contributed by atoms with E-state index in [1.54, 1.807) is 0 Å². The van der Waals surface area contributed by atoms with E-state index < -0.39 is 31.5 Å². The van der Waals surface area contributed by atoms with Crippen LogP contribution in [0, 0.1) is 0 Å². The molecule has 0 saturated carbocycles. The summed E-state index contributed by atoms with van der Waals surface area (Å²) in [5, 5.41) is 41.0. The first-order valence-corrected chi connectivity index (χ1v) is 3.86. The van der Waals surface area contributed by atoms with Crippen LogP contribution >= 0.6 is 0 Å². The highest BCUT2D eigenvalue weighted by Gasteiger charge is 2.20. The molecule has 7 N–H and O–H groups in total. The lowest BCUT2D eigenvalue weighted by Crippen LogP contribution is -2.50. The maximum absolute atomic E-state index is 8.34. The SMILES string of the molecule is CC(O)CO.NC(CO)(CO)CO. The van der Waals surface area contributed by atoms with Crippen LogP contribution in [0.2, 0.25) is 0 Å². The second kappa shape index (κ2) is 8.36. The normalized spacial score (nSPS) is 13.2. The van der Waals surface area contributed by atoms with E-state index in [1.165, 1.54) is 6.92 Å². The highest BCUT2D eigenvalue weighted by molar-refractivity contribution is 4.80. The number of aliphatic hydroxyl groups excluding tert-OH is 5. The van der Waals surface area contributed by atoms with Crippen LogP contribution in [-0.2, 0) is 0 Å². The Hall–Kier alpha value is -0.240. The van der Waals surface area contributed by atoms with E-state index in [-0.39, 0.29) is 6.61 Å². The van der Waals surface area contributed by atoms with Gasteiger partial charge in [-0.1, -0.05) is 0 Å². The van der Waals surface area contributed by atoms with Gasteiger partial charge in [-0.05, 0) is 6.92 Å². The predicted octanol–water partition coefficient (Wildman–Crippen LogP) is -2.98. The fraction of sp³-hybridized carbons (Fsp3) is 1.00. The standard InChI is InChI=1S/C4H11NO3.C3H8O2/c5-4(1-6,2-7)3-8;1-3(5)2-4/h6-8H,1-3,5H2;3-5H,2H2,1H3. The zero-order chi connectivity index (χ0) is 10.9. The molecule has 0 aromatic carbocycles. The summed E-state index contributed by atoms with van der Waals surface area (Å²) in [5.74, 6) is 0. The average molecular weight is 197 g/mol. The zero-order valence-corrected chi connectivity index (χ0v) is 7.72. The van der Waals surface area contributed by atoms with E-state index in [9.17, 15) is 0 Å². The molecule has 0 rings (SSSR count). The van der Waals surface area contributed by atoms with Crippen LogP contribution in [0.15, 0.2) is 0 Å². The summed E-state index contributed by atoms with van der Waals surface area (Å²) < 4.78 is 0. The van der Waals surface area contributed by atoms with E-state index in [0.717, 1.165) is 0 Å². The fourth-order valence-corrected chi connectivity index (χ4v) is 0.150. The highest BCUT2D eigenvalue weighted by atomic mass is 16.3. The largest absolute Gasteiger partial charge is 0.394 e. The Morgan fingerprint density at radius 3 is 1.31 bits per heavy atom. The molecule has 0 saturated heterocycles. The molecule has 1 atom stereocenters. The van der Waals surface area contributed by atoms with E-state index in [4.69, 9.17) is 31.3 Å². The first kappa shape index (κ1) is 15.2. The molecule has 0 spiro atoms. The molecular formula is C7H19NO5. The molecule has 0 heterocycles. The van der Waals surface area contributed by atoms with Crippen molar-refractivity contribution in [3.05, 3.63) is 0 Å². The molecule has 0 amide bonds. The van der Waals surface area contributed by atoms with Gasteiger partial charge in [-0.2, -0.15) is 0 Å². The van der Waals surface area contributed by atoms with Crippen molar-refractivity contribution in [1.29, 1.82) is 0 Å². The average Bonchev–Trinajstić information content (AvgIpc) is 2.17. The van der Waals surface area contributed by atoms with Crippen molar-refractivity contribution < 1.29 is 25.5 Å². The van der Waals surface area contributed by atoms with Gasteiger partial charge in [-0.15, -0.1) is 0 Å². The van der Waals surface area contributed by atoms with Gasteiger partial charge in [0.25, 0.3) is 0 Å². The Labute approximate surface area is 77.2 Å². The van der Waals surface area contributed by atoms with Gasteiger partial charge in [-0.3, -0.25) is 0 Å². The molecule has 0 radical (unpaired) electrons. The quantitative estimate of drug-likeness (QED) is 0.285. The Balaban J connectivity index is 0. The fourth-order valence-electron chi connectivity index (χ4n) is 0.150. The summed E-state index contributed by atoms with van der Waals surface area (Å²) in [6.07, 6.45) is -0.560. The lowest BCUT2D eigenvalue weighted by molar-refractivity contribution is 0.0698. The molecule has 0 aliphatic carbocycles. The predicted molar refractivity (Wildman–Crippen MR) is 46.9 cm³/mol. The number of aliphatic hydroxyl groups is 5. The minimum absolute atomic E-state index is 0.139. The van der Waals surface area contributed by atoms with Crippen LogP contribution in [0.25, 0.3) is 0 Å². The van der Waals surface area contributed by atoms with Crippen molar-refractivity contribution in [3.63, 3.8) is 0 Å². The van der Waals surface area contributed by atoms with E-state index in [0.29, 0.717) is 0 Å². The van der Waals surface area contributed by atoms with Crippen molar-refractivity contribution in [2.45, 2.75) is 18.6 Å². The Bertz CT molecular complexity index is 96.8. The van der Waals surface area contributed by atoms with Crippen molar-refractivity contribution in [2.24, 2.45) is 5.73 Å². The van der Waals surface area contributed by atoms with Crippen molar-refractivity contribution in [3.8, 4) is 0 Å². The van der Waals surface area contributed by atoms with Crippen LogP contribution in [0.3, 0.4) is 0 Å². The summed E-state index contributed by atoms with van der Waals surface area (Å²) >= 11 is 0. The lowest BCUT2D eigenvalue weighted by Gasteiger charge is -2.20. The Morgan fingerprint density at radius 2 is 1.31 bits per heavy atom. The third kappa shape index (κ3) is 9.68. The number of rotatable bonds is 4. The number of hydrogen-bond donors (Lipinski definition) is 6. The van der Waals surface area contributed by atoms with Gasteiger partial charge < -0.3 is 31.3 Å². The van der Waals surface area contributed by atoms with Gasteiger partial charge >= 0.3 is 0 Å². The topological polar surface area (TPSA) is 127 Å². The smallest absolute Gasteiger partial charge is 0.0856 e. The van der Waals surface area contributed by atoms with E-state index >= 15 is 0 Å².